The van der Waals surface area contributed by atoms with Gasteiger partial charge in [-0.3, -0.25) is 0 Å². The normalized spacial score (nSPS) is 20.0. The minimum atomic E-state index is 0.703. The Hall–Kier alpha value is -1.16. The van der Waals surface area contributed by atoms with Crippen LogP contribution >= 0.6 is 0 Å². The Morgan fingerprint density at radius 1 is 1.50 bits per heavy atom. The molecule has 4 heteroatoms. The maximum absolute atomic E-state index is 5.19. The van der Waals surface area contributed by atoms with Gasteiger partial charge in [-0.1, -0.05) is 0 Å². The highest BCUT2D eigenvalue weighted by Gasteiger charge is 2.15. The second-order valence-electron chi connectivity index (χ2n) is 4.35. The lowest BCUT2D eigenvalue weighted by atomic mass is 10.00. The predicted molar refractivity (Wildman–Crippen MR) is 62.6 cm³/mol. The van der Waals surface area contributed by atoms with Crippen LogP contribution in [0.4, 0.5) is 0 Å². The van der Waals surface area contributed by atoms with Crippen molar-refractivity contribution in [2.24, 2.45) is 5.92 Å². The summed E-state index contributed by atoms with van der Waals surface area (Å²) in [5.74, 6) is 1.51. The number of aryl methyl sites for hydroxylation is 1. The molecule has 1 aromatic rings. The van der Waals surface area contributed by atoms with Crippen LogP contribution in [0.5, 0.6) is 5.88 Å². The van der Waals surface area contributed by atoms with E-state index in [1.165, 1.54) is 12.8 Å². The van der Waals surface area contributed by atoms with Gasteiger partial charge in [-0.25, -0.2) is 9.97 Å². The third kappa shape index (κ3) is 2.50. The molecular weight excluding hydrogens is 202 g/mol. The molecule has 0 bridgehead atoms. The first-order valence-corrected chi connectivity index (χ1v) is 5.86. The van der Waals surface area contributed by atoms with Gasteiger partial charge in [0.25, 0.3) is 0 Å². The van der Waals surface area contributed by atoms with E-state index in [0.717, 1.165) is 36.7 Å². The number of ether oxygens (including phenoxy) is 1. The fraction of sp³-hybridized carbons (Fsp3) is 0.667. The number of nitrogens with one attached hydrogen (secondary N) is 1. The van der Waals surface area contributed by atoms with Gasteiger partial charge in [0.15, 0.2) is 0 Å². The number of hydrogen-bond acceptors (Lipinski definition) is 4. The summed E-state index contributed by atoms with van der Waals surface area (Å²) in [6, 6.07) is 0. The van der Waals surface area contributed by atoms with Crippen LogP contribution in [0.15, 0.2) is 6.33 Å². The Morgan fingerprint density at radius 2 is 2.38 bits per heavy atom. The van der Waals surface area contributed by atoms with Crippen molar-refractivity contribution in [3.8, 4) is 5.88 Å². The summed E-state index contributed by atoms with van der Waals surface area (Å²) in [6.45, 7) is 4.35. The highest BCUT2D eigenvalue weighted by Crippen LogP contribution is 2.20. The smallest absolute Gasteiger partial charge is 0.219 e. The van der Waals surface area contributed by atoms with Crippen LogP contribution in [-0.4, -0.2) is 30.2 Å². The minimum Gasteiger partial charge on any atom is -0.481 e. The number of aromatic nitrogens is 2. The summed E-state index contributed by atoms with van der Waals surface area (Å²) in [5, 5.41) is 3.39. The maximum Gasteiger partial charge on any atom is 0.219 e. The second kappa shape index (κ2) is 5.25. The molecule has 1 aliphatic heterocycles. The zero-order chi connectivity index (χ0) is 11.4. The molecule has 1 N–H and O–H groups in total. The van der Waals surface area contributed by atoms with E-state index in [1.54, 1.807) is 13.4 Å². The topological polar surface area (TPSA) is 47.0 Å². The molecule has 0 amide bonds. The van der Waals surface area contributed by atoms with E-state index in [0.29, 0.717) is 5.88 Å². The number of hydrogen-bond donors (Lipinski definition) is 1. The van der Waals surface area contributed by atoms with E-state index in [1.807, 2.05) is 6.92 Å². The zero-order valence-electron chi connectivity index (χ0n) is 9.99. The minimum absolute atomic E-state index is 0.703. The highest BCUT2D eigenvalue weighted by atomic mass is 16.5. The standard InChI is InChI=1S/C12H19N3O/c1-9-11(14-8-15-12(9)16-2)4-3-10-5-6-13-7-10/h8,10,13H,3-7H2,1-2H3. The van der Waals surface area contributed by atoms with Crippen LogP contribution < -0.4 is 10.1 Å². The van der Waals surface area contributed by atoms with Gasteiger partial charge in [-0.05, 0) is 45.2 Å². The molecule has 2 rings (SSSR count). The van der Waals surface area contributed by atoms with Crippen molar-refractivity contribution in [1.82, 2.24) is 15.3 Å². The van der Waals surface area contributed by atoms with Gasteiger partial charge in [0.1, 0.15) is 6.33 Å². The molecule has 1 unspecified atom stereocenters. The molecule has 1 saturated heterocycles. The van der Waals surface area contributed by atoms with Crippen molar-refractivity contribution in [3.05, 3.63) is 17.6 Å². The van der Waals surface area contributed by atoms with Crippen molar-refractivity contribution in [3.63, 3.8) is 0 Å². The first kappa shape index (κ1) is 11.3. The molecule has 4 nitrogen and oxygen atoms in total. The molecule has 0 radical (unpaired) electrons. The maximum atomic E-state index is 5.19. The van der Waals surface area contributed by atoms with E-state index < -0.39 is 0 Å². The lowest BCUT2D eigenvalue weighted by molar-refractivity contribution is 0.391. The number of nitrogens with zero attached hydrogens (tertiary/aromatic N) is 2. The van der Waals surface area contributed by atoms with E-state index in [4.69, 9.17) is 4.74 Å². The van der Waals surface area contributed by atoms with Crippen LogP contribution in [0, 0.1) is 12.8 Å². The first-order valence-electron chi connectivity index (χ1n) is 5.86. The summed E-state index contributed by atoms with van der Waals surface area (Å²) in [5.41, 5.74) is 2.20. The average Bonchev–Trinajstić information content (AvgIpc) is 2.81. The lowest BCUT2D eigenvalue weighted by Gasteiger charge is -2.10. The van der Waals surface area contributed by atoms with Crippen molar-refractivity contribution in [2.75, 3.05) is 20.2 Å². The fourth-order valence-electron chi connectivity index (χ4n) is 2.23. The summed E-state index contributed by atoms with van der Waals surface area (Å²) in [6.07, 6.45) is 5.11. The summed E-state index contributed by atoms with van der Waals surface area (Å²) in [7, 11) is 1.65. The Bertz CT molecular complexity index is 348. The summed E-state index contributed by atoms with van der Waals surface area (Å²) < 4.78 is 5.19. The molecule has 2 heterocycles. The van der Waals surface area contributed by atoms with Gasteiger partial charge >= 0.3 is 0 Å². The molecule has 1 aliphatic rings. The van der Waals surface area contributed by atoms with Crippen molar-refractivity contribution in [1.29, 1.82) is 0 Å². The van der Waals surface area contributed by atoms with Crippen LogP contribution in [0.2, 0.25) is 0 Å². The number of rotatable bonds is 4. The Balaban J connectivity index is 1.97. The van der Waals surface area contributed by atoms with Gasteiger partial charge in [0.05, 0.1) is 12.8 Å². The third-order valence-electron chi connectivity index (χ3n) is 3.29. The first-order chi connectivity index (χ1) is 7.81. The molecular formula is C12H19N3O. The fourth-order valence-corrected chi connectivity index (χ4v) is 2.23. The average molecular weight is 221 g/mol. The summed E-state index contributed by atoms with van der Waals surface area (Å²) >= 11 is 0. The van der Waals surface area contributed by atoms with Gasteiger partial charge in [0, 0.05) is 5.56 Å². The monoisotopic (exact) mass is 221 g/mol. The molecule has 1 atom stereocenters. The van der Waals surface area contributed by atoms with Crippen LogP contribution in [0.3, 0.4) is 0 Å². The Morgan fingerprint density at radius 3 is 3.06 bits per heavy atom. The van der Waals surface area contributed by atoms with Gasteiger partial charge in [-0.2, -0.15) is 0 Å². The van der Waals surface area contributed by atoms with Gasteiger partial charge < -0.3 is 10.1 Å². The van der Waals surface area contributed by atoms with E-state index in [9.17, 15) is 0 Å². The largest absolute Gasteiger partial charge is 0.481 e. The Kier molecular flexibility index (Phi) is 3.72. The van der Waals surface area contributed by atoms with Gasteiger partial charge in [0.2, 0.25) is 5.88 Å². The third-order valence-corrected chi connectivity index (χ3v) is 3.29. The van der Waals surface area contributed by atoms with Gasteiger partial charge in [-0.15, -0.1) is 0 Å². The molecule has 0 spiro atoms. The molecule has 0 aromatic carbocycles. The van der Waals surface area contributed by atoms with E-state index >= 15 is 0 Å². The van der Waals surface area contributed by atoms with Crippen LogP contribution in [0.1, 0.15) is 24.1 Å². The molecule has 1 aromatic heterocycles. The second-order valence-corrected chi connectivity index (χ2v) is 4.35. The van der Waals surface area contributed by atoms with Crippen molar-refractivity contribution >= 4 is 0 Å². The quantitative estimate of drug-likeness (QED) is 0.833. The zero-order valence-corrected chi connectivity index (χ0v) is 9.99. The van der Waals surface area contributed by atoms with Crippen LogP contribution in [-0.2, 0) is 6.42 Å². The SMILES string of the molecule is COc1ncnc(CCC2CCNC2)c1C. The molecule has 0 aliphatic carbocycles. The molecule has 88 valence electrons. The lowest BCUT2D eigenvalue weighted by Crippen LogP contribution is -2.10. The van der Waals surface area contributed by atoms with Crippen LogP contribution in [0.25, 0.3) is 0 Å². The molecule has 16 heavy (non-hydrogen) atoms. The van der Waals surface area contributed by atoms with E-state index in [-0.39, 0.29) is 0 Å². The molecule has 0 saturated carbocycles. The molecule has 1 fully saturated rings. The predicted octanol–water partition coefficient (Wildman–Crippen LogP) is 1.34. The summed E-state index contributed by atoms with van der Waals surface area (Å²) in [4.78, 5) is 8.43. The van der Waals surface area contributed by atoms with Crippen molar-refractivity contribution < 1.29 is 4.74 Å². The van der Waals surface area contributed by atoms with E-state index in [2.05, 4.69) is 15.3 Å². The van der Waals surface area contributed by atoms with Crippen molar-refractivity contribution in [2.45, 2.75) is 26.2 Å². The number of methoxy groups -OCH3 is 1. The highest BCUT2D eigenvalue weighted by molar-refractivity contribution is 5.27. The Labute approximate surface area is 96.4 Å².